The average molecular weight is 278 g/mol. The van der Waals surface area contributed by atoms with Crippen LogP contribution in [-0.4, -0.2) is 14.7 Å². The van der Waals surface area contributed by atoms with Gasteiger partial charge in [0.25, 0.3) is 5.69 Å². The maximum Gasteiger partial charge on any atom is 0.281 e. The van der Waals surface area contributed by atoms with Crippen LogP contribution in [0.25, 0.3) is 11.3 Å². The van der Waals surface area contributed by atoms with Crippen LogP contribution >= 0.6 is 0 Å². The van der Waals surface area contributed by atoms with E-state index in [1.165, 1.54) is 16.8 Å². The highest BCUT2D eigenvalue weighted by Crippen LogP contribution is 2.34. The molecule has 1 heterocycles. The normalized spacial score (nSPS) is 10.8. The van der Waals surface area contributed by atoms with Gasteiger partial charge in [-0.1, -0.05) is 13.3 Å². The predicted molar refractivity (Wildman–Crippen MR) is 73.7 cm³/mol. The Bertz CT molecular complexity index is 667. The van der Waals surface area contributed by atoms with Crippen LogP contribution in [0.3, 0.4) is 0 Å². The van der Waals surface area contributed by atoms with E-state index in [9.17, 15) is 14.5 Å². The van der Waals surface area contributed by atoms with E-state index in [4.69, 9.17) is 5.73 Å². The average Bonchev–Trinajstić information content (AvgIpc) is 2.67. The van der Waals surface area contributed by atoms with Crippen LogP contribution in [0.2, 0.25) is 0 Å². The van der Waals surface area contributed by atoms with Crippen molar-refractivity contribution in [3.63, 3.8) is 0 Å². The summed E-state index contributed by atoms with van der Waals surface area (Å²) in [6.45, 7) is 1.98. The molecular formula is C13H15FN4O2. The van der Waals surface area contributed by atoms with Gasteiger partial charge >= 0.3 is 0 Å². The number of rotatable bonds is 4. The lowest BCUT2D eigenvalue weighted by atomic mass is 10.0. The molecule has 0 saturated carbocycles. The molecule has 0 spiro atoms. The second kappa shape index (κ2) is 5.28. The van der Waals surface area contributed by atoms with Gasteiger partial charge in [-0.15, -0.1) is 0 Å². The molecule has 20 heavy (non-hydrogen) atoms. The number of nitro benzene ring substituents is 1. The Kier molecular flexibility index (Phi) is 3.69. The number of benzene rings is 1. The molecule has 0 atom stereocenters. The van der Waals surface area contributed by atoms with E-state index in [1.807, 2.05) is 6.92 Å². The first-order valence-corrected chi connectivity index (χ1v) is 6.21. The first-order valence-electron chi connectivity index (χ1n) is 6.21. The molecule has 1 aromatic carbocycles. The van der Waals surface area contributed by atoms with Crippen molar-refractivity contribution in [2.24, 2.45) is 7.05 Å². The minimum absolute atomic E-state index is 0.284. The second-order valence-electron chi connectivity index (χ2n) is 4.50. The molecule has 106 valence electrons. The summed E-state index contributed by atoms with van der Waals surface area (Å²) in [4.78, 5) is 10.5. The SMILES string of the molecule is CCCc1c(-c2ccc(F)cc2[N+](=O)[O-])nn(C)c1N. The predicted octanol–water partition coefficient (Wildman–Crippen LogP) is 2.67. The first-order chi connectivity index (χ1) is 9.45. The van der Waals surface area contributed by atoms with Gasteiger partial charge in [0.1, 0.15) is 17.3 Å². The third-order valence-corrected chi connectivity index (χ3v) is 3.11. The second-order valence-corrected chi connectivity index (χ2v) is 4.50. The van der Waals surface area contributed by atoms with Crippen molar-refractivity contribution in [2.75, 3.05) is 5.73 Å². The Labute approximate surface area is 115 Å². The third kappa shape index (κ3) is 2.34. The molecule has 1 aromatic heterocycles. The van der Waals surface area contributed by atoms with Crippen molar-refractivity contribution < 1.29 is 9.31 Å². The van der Waals surface area contributed by atoms with Gasteiger partial charge in [0, 0.05) is 12.6 Å². The zero-order chi connectivity index (χ0) is 14.9. The van der Waals surface area contributed by atoms with Gasteiger partial charge in [-0.3, -0.25) is 14.8 Å². The van der Waals surface area contributed by atoms with Gasteiger partial charge in [-0.25, -0.2) is 4.39 Å². The Balaban J connectivity index is 2.68. The molecule has 2 rings (SSSR count). The van der Waals surface area contributed by atoms with Gasteiger partial charge in [-0.05, 0) is 18.6 Å². The summed E-state index contributed by atoms with van der Waals surface area (Å²) in [5.74, 6) is -0.179. The molecule has 7 heteroatoms. The molecule has 0 fully saturated rings. The fraction of sp³-hybridized carbons (Fsp3) is 0.308. The number of anilines is 1. The summed E-state index contributed by atoms with van der Waals surface area (Å²) in [6, 6.07) is 3.45. The molecule has 0 amide bonds. The zero-order valence-corrected chi connectivity index (χ0v) is 11.3. The third-order valence-electron chi connectivity index (χ3n) is 3.11. The topological polar surface area (TPSA) is 87.0 Å². The van der Waals surface area contributed by atoms with Crippen LogP contribution in [0.1, 0.15) is 18.9 Å². The molecule has 0 saturated heterocycles. The van der Waals surface area contributed by atoms with E-state index < -0.39 is 10.7 Å². The number of nitro groups is 1. The van der Waals surface area contributed by atoms with E-state index >= 15 is 0 Å². The molecule has 0 aliphatic heterocycles. The Morgan fingerprint density at radius 3 is 2.80 bits per heavy atom. The highest BCUT2D eigenvalue weighted by atomic mass is 19.1. The summed E-state index contributed by atoms with van der Waals surface area (Å²) in [5, 5.41) is 15.3. The number of hydrogen-bond donors (Lipinski definition) is 1. The highest BCUT2D eigenvalue weighted by Gasteiger charge is 2.23. The summed E-state index contributed by atoms with van der Waals surface area (Å²) < 4.78 is 14.7. The van der Waals surface area contributed by atoms with Gasteiger partial charge < -0.3 is 5.73 Å². The Hall–Kier alpha value is -2.44. The molecule has 0 radical (unpaired) electrons. The number of nitrogen functional groups attached to an aromatic ring is 1. The fourth-order valence-corrected chi connectivity index (χ4v) is 2.15. The van der Waals surface area contributed by atoms with Crippen molar-refractivity contribution in [2.45, 2.75) is 19.8 Å². The van der Waals surface area contributed by atoms with Gasteiger partial charge in [0.05, 0.1) is 16.6 Å². The van der Waals surface area contributed by atoms with Crippen LogP contribution < -0.4 is 5.73 Å². The van der Waals surface area contributed by atoms with Gasteiger partial charge in [0.15, 0.2) is 0 Å². The largest absolute Gasteiger partial charge is 0.384 e. The minimum atomic E-state index is -0.651. The van der Waals surface area contributed by atoms with Crippen molar-refractivity contribution in [3.05, 3.63) is 39.7 Å². The molecule has 0 aliphatic carbocycles. The maximum absolute atomic E-state index is 13.2. The van der Waals surface area contributed by atoms with E-state index in [-0.39, 0.29) is 11.3 Å². The lowest BCUT2D eigenvalue weighted by Gasteiger charge is -2.03. The maximum atomic E-state index is 13.2. The van der Waals surface area contributed by atoms with Crippen LogP contribution in [-0.2, 0) is 13.5 Å². The molecule has 6 nitrogen and oxygen atoms in total. The molecular weight excluding hydrogens is 263 g/mol. The van der Waals surface area contributed by atoms with E-state index in [0.29, 0.717) is 17.9 Å². The van der Waals surface area contributed by atoms with Crippen LogP contribution in [0.5, 0.6) is 0 Å². The van der Waals surface area contributed by atoms with Gasteiger partial charge in [0.2, 0.25) is 0 Å². The fourth-order valence-electron chi connectivity index (χ4n) is 2.15. The smallest absolute Gasteiger partial charge is 0.281 e. The standard InChI is InChI=1S/C13H15FN4O2/c1-3-4-10-12(16-17(2)13(10)15)9-6-5-8(14)7-11(9)18(19)20/h5-7H,3-4,15H2,1-2H3. The minimum Gasteiger partial charge on any atom is -0.384 e. The summed E-state index contributed by atoms with van der Waals surface area (Å²) >= 11 is 0. The molecule has 2 aromatic rings. The van der Waals surface area contributed by atoms with E-state index in [1.54, 1.807) is 7.05 Å². The van der Waals surface area contributed by atoms with E-state index in [2.05, 4.69) is 5.10 Å². The number of aromatic nitrogens is 2. The molecule has 0 unspecified atom stereocenters. The first kappa shape index (κ1) is 14.0. The van der Waals surface area contributed by atoms with Gasteiger partial charge in [-0.2, -0.15) is 5.10 Å². The summed E-state index contributed by atoms with van der Waals surface area (Å²) in [5.41, 5.74) is 7.12. The zero-order valence-electron chi connectivity index (χ0n) is 11.3. The summed E-state index contributed by atoms with van der Waals surface area (Å²) in [7, 11) is 1.67. The van der Waals surface area contributed by atoms with Crippen LogP contribution in [0, 0.1) is 15.9 Å². The van der Waals surface area contributed by atoms with Crippen molar-refractivity contribution >= 4 is 11.5 Å². The Morgan fingerprint density at radius 2 is 2.20 bits per heavy atom. The van der Waals surface area contributed by atoms with E-state index in [0.717, 1.165) is 18.1 Å². The highest BCUT2D eigenvalue weighted by molar-refractivity contribution is 5.76. The van der Waals surface area contributed by atoms with Crippen LogP contribution in [0.4, 0.5) is 15.9 Å². The molecule has 0 aliphatic rings. The van der Waals surface area contributed by atoms with Crippen molar-refractivity contribution in [3.8, 4) is 11.3 Å². The lowest BCUT2D eigenvalue weighted by molar-refractivity contribution is -0.384. The lowest BCUT2D eigenvalue weighted by Crippen LogP contribution is -1.99. The number of hydrogen-bond acceptors (Lipinski definition) is 4. The monoisotopic (exact) mass is 278 g/mol. The molecule has 2 N–H and O–H groups in total. The number of nitrogens with two attached hydrogens (primary N) is 1. The van der Waals surface area contributed by atoms with Crippen LogP contribution in [0.15, 0.2) is 18.2 Å². The van der Waals surface area contributed by atoms with Crippen molar-refractivity contribution in [1.29, 1.82) is 0 Å². The van der Waals surface area contributed by atoms with Crippen molar-refractivity contribution in [1.82, 2.24) is 9.78 Å². The Morgan fingerprint density at radius 1 is 1.50 bits per heavy atom. The number of halogens is 1. The number of aryl methyl sites for hydroxylation is 1. The quantitative estimate of drug-likeness (QED) is 0.688. The number of nitrogens with zero attached hydrogens (tertiary/aromatic N) is 3. The summed E-state index contributed by atoms with van der Waals surface area (Å²) in [6.07, 6.45) is 1.49. The molecule has 0 bridgehead atoms.